The van der Waals surface area contributed by atoms with Crippen LogP contribution in [0.3, 0.4) is 0 Å². The van der Waals surface area contributed by atoms with E-state index in [4.69, 9.17) is 9.26 Å². The number of methoxy groups -OCH3 is 1. The van der Waals surface area contributed by atoms with E-state index in [-0.39, 0.29) is 23.3 Å². The molecule has 0 saturated carbocycles. The van der Waals surface area contributed by atoms with Crippen molar-refractivity contribution in [2.75, 3.05) is 7.11 Å². The zero-order chi connectivity index (χ0) is 13.1. The van der Waals surface area contributed by atoms with E-state index in [1.807, 2.05) is 6.92 Å². The second-order valence-electron chi connectivity index (χ2n) is 3.72. The van der Waals surface area contributed by atoms with Gasteiger partial charge in [-0.2, -0.15) is 4.98 Å². The van der Waals surface area contributed by atoms with Crippen LogP contribution in [0.5, 0.6) is 5.75 Å². The fourth-order valence-corrected chi connectivity index (χ4v) is 1.65. The normalized spacial score (nSPS) is 12.6. The standard InChI is InChI=1S/C12H13FN2O3/c1-3-9(17-2)11-14-12(18-15-11)10-7(13)5-4-6-8(10)16/h4-6,9,16H,3H2,1-2H3. The third-order valence-corrected chi connectivity index (χ3v) is 2.59. The Morgan fingerprint density at radius 2 is 2.28 bits per heavy atom. The van der Waals surface area contributed by atoms with Gasteiger partial charge in [-0.3, -0.25) is 0 Å². The second kappa shape index (κ2) is 5.14. The van der Waals surface area contributed by atoms with Crippen LogP contribution in [0.4, 0.5) is 4.39 Å². The molecule has 0 aliphatic heterocycles. The zero-order valence-corrected chi connectivity index (χ0v) is 10.1. The Morgan fingerprint density at radius 1 is 1.50 bits per heavy atom. The van der Waals surface area contributed by atoms with Crippen LogP contribution in [0.2, 0.25) is 0 Å². The van der Waals surface area contributed by atoms with Crippen molar-refractivity contribution in [2.24, 2.45) is 0 Å². The van der Waals surface area contributed by atoms with Crippen LogP contribution < -0.4 is 0 Å². The van der Waals surface area contributed by atoms with E-state index in [9.17, 15) is 9.50 Å². The van der Waals surface area contributed by atoms with E-state index in [2.05, 4.69) is 10.1 Å². The van der Waals surface area contributed by atoms with Gasteiger partial charge in [0.05, 0.1) is 0 Å². The summed E-state index contributed by atoms with van der Waals surface area (Å²) in [5.74, 6) is -0.583. The number of aromatic hydroxyl groups is 1. The summed E-state index contributed by atoms with van der Waals surface area (Å²) in [6, 6.07) is 3.97. The van der Waals surface area contributed by atoms with Crippen LogP contribution in [0, 0.1) is 5.82 Å². The summed E-state index contributed by atoms with van der Waals surface area (Å²) >= 11 is 0. The number of nitrogens with zero attached hydrogens (tertiary/aromatic N) is 2. The number of phenolic OH excluding ortho intramolecular Hbond substituents is 1. The van der Waals surface area contributed by atoms with Crippen LogP contribution in [0.25, 0.3) is 11.5 Å². The van der Waals surface area contributed by atoms with Crippen molar-refractivity contribution in [1.82, 2.24) is 10.1 Å². The Balaban J connectivity index is 2.41. The molecule has 1 heterocycles. The molecule has 0 saturated heterocycles. The van der Waals surface area contributed by atoms with Crippen molar-refractivity contribution < 1.29 is 18.8 Å². The Morgan fingerprint density at radius 3 is 2.89 bits per heavy atom. The van der Waals surface area contributed by atoms with Gasteiger partial charge < -0.3 is 14.4 Å². The number of aromatic nitrogens is 2. The predicted molar refractivity (Wildman–Crippen MR) is 61.4 cm³/mol. The SMILES string of the molecule is CCC(OC)c1noc(-c2c(O)cccc2F)n1. The average Bonchev–Trinajstić information content (AvgIpc) is 2.80. The van der Waals surface area contributed by atoms with Crippen LogP contribution in [-0.2, 0) is 4.74 Å². The van der Waals surface area contributed by atoms with Gasteiger partial charge in [0, 0.05) is 7.11 Å². The number of rotatable bonds is 4. The van der Waals surface area contributed by atoms with E-state index in [1.54, 1.807) is 0 Å². The number of benzene rings is 1. The van der Waals surface area contributed by atoms with Gasteiger partial charge in [-0.25, -0.2) is 4.39 Å². The molecule has 1 aromatic carbocycles. The van der Waals surface area contributed by atoms with Crippen LogP contribution >= 0.6 is 0 Å². The number of phenols is 1. The highest BCUT2D eigenvalue weighted by atomic mass is 19.1. The first-order chi connectivity index (χ1) is 8.67. The van der Waals surface area contributed by atoms with Gasteiger partial charge in [-0.05, 0) is 18.6 Å². The van der Waals surface area contributed by atoms with Gasteiger partial charge >= 0.3 is 0 Å². The van der Waals surface area contributed by atoms with Gasteiger partial charge in [0.1, 0.15) is 23.2 Å². The fraction of sp³-hybridized carbons (Fsp3) is 0.333. The highest BCUT2D eigenvalue weighted by Crippen LogP contribution is 2.31. The van der Waals surface area contributed by atoms with E-state index in [1.165, 1.54) is 25.3 Å². The minimum absolute atomic E-state index is 0.0592. The lowest BCUT2D eigenvalue weighted by atomic mass is 10.2. The predicted octanol–water partition coefficient (Wildman–Crippen LogP) is 2.68. The third kappa shape index (κ3) is 2.19. The molecule has 96 valence electrons. The third-order valence-electron chi connectivity index (χ3n) is 2.59. The maximum absolute atomic E-state index is 13.6. The maximum Gasteiger partial charge on any atom is 0.264 e. The summed E-state index contributed by atoms with van der Waals surface area (Å²) in [5.41, 5.74) is -0.0952. The molecule has 1 N–H and O–H groups in total. The summed E-state index contributed by atoms with van der Waals surface area (Å²) in [4.78, 5) is 4.04. The molecule has 6 heteroatoms. The van der Waals surface area contributed by atoms with Crippen LogP contribution in [-0.4, -0.2) is 22.4 Å². The molecule has 0 fully saturated rings. The number of hydrogen-bond donors (Lipinski definition) is 1. The molecule has 0 spiro atoms. The smallest absolute Gasteiger partial charge is 0.264 e. The quantitative estimate of drug-likeness (QED) is 0.906. The fourth-order valence-electron chi connectivity index (χ4n) is 1.65. The molecule has 1 atom stereocenters. The first kappa shape index (κ1) is 12.5. The first-order valence-electron chi connectivity index (χ1n) is 5.51. The minimum atomic E-state index is -0.615. The molecule has 0 amide bonds. The maximum atomic E-state index is 13.6. The molecule has 0 aliphatic rings. The lowest BCUT2D eigenvalue weighted by Gasteiger charge is -2.06. The second-order valence-corrected chi connectivity index (χ2v) is 3.72. The molecular formula is C12H13FN2O3. The van der Waals surface area contributed by atoms with Crippen molar-refractivity contribution in [3.05, 3.63) is 29.8 Å². The van der Waals surface area contributed by atoms with Crippen LogP contribution in [0.1, 0.15) is 25.3 Å². The molecule has 2 aromatic rings. The summed E-state index contributed by atoms with van der Waals surface area (Å²) < 4.78 is 23.7. The molecule has 0 aliphatic carbocycles. The van der Waals surface area contributed by atoms with Gasteiger partial charge in [-0.1, -0.05) is 18.1 Å². The zero-order valence-electron chi connectivity index (χ0n) is 10.1. The number of halogens is 1. The lowest BCUT2D eigenvalue weighted by Crippen LogP contribution is -2.01. The molecule has 1 aromatic heterocycles. The van der Waals surface area contributed by atoms with E-state index < -0.39 is 5.82 Å². The Hall–Kier alpha value is -1.95. The molecule has 2 rings (SSSR count). The van der Waals surface area contributed by atoms with E-state index in [0.29, 0.717) is 12.2 Å². The highest BCUT2D eigenvalue weighted by Gasteiger charge is 2.21. The van der Waals surface area contributed by atoms with Crippen molar-refractivity contribution >= 4 is 0 Å². The van der Waals surface area contributed by atoms with Gasteiger partial charge in [0.2, 0.25) is 5.82 Å². The monoisotopic (exact) mass is 252 g/mol. The van der Waals surface area contributed by atoms with Gasteiger partial charge in [-0.15, -0.1) is 0 Å². The first-order valence-corrected chi connectivity index (χ1v) is 5.51. The Kier molecular flexibility index (Phi) is 3.57. The van der Waals surface area contributed by atoms with Crippen LogP contribution in [0.15, 0.2) is 22.7 Å². The average molecular weight is 252 g/mol. The summed E-state index contributed by atoms with van der Waals surface area (Å²) in [6.45, 7) is 1.91. The Bertz CT molecular complexity index is 518. The summed E-state index contributed by atoms with van der Waals surface area (Å²) in [5, 5.41) is 13.3. The van der Waals surface area contributed by atoms with E-state index in [0.717, 1.165) is 0 Å². The van der Waals surface area contributed by atoms with Crippen molar-refractivity contribution in [1.29, 1.82) is 0 Å². The summed E-state index contributed by atoms with van der Waals surface area (Å²) in [6.07, 6.45) is 0.357. The molecule has 5 nitrogen and oxygen atoms in total. The molecule has 1 unspecified atom stereocenters. The molecular weight excluding hydrogens is 239 g/mol. The topological polar surface area (TPSA) is 68.4 Å². The van der Waals surface area contributed by atoms with Crippen molar-refractivity contribution in [3.8, 4) is 17.2 Å². The molecule has 0 bridgehead atoms. The minimum Gasteiger partial charge on any atom is -0.507 e. The van der Waals surface area contributed by atoms with Crippen molar-refractivity contribution in [2.45, 2.75) is 19.4 Å². The Labute approximate surface area is 103 Å². The molecule has 0 radical (unpaired) electrons. The van der Waals surface area contributed by atoms with Crippen molar-refractivity contribution in [3.63, 3.8) is 0 Å². The number of ether oxygens (including phenoxy) is 1. The van der Waals surface area contributed by atoms with E-state index >= 15 is 0 Å². The van der Waals surface area contributed by atoms with Gasteiger partial charge in [0.25, 0.3) is 5.89 Å². The lowest BCUT2D eigenvalue weighted by molar-refractivity contribution is 0.0903. The molecule has 18 heavy (non-hydrogen) atoms. The van der Waals surface area contributed by atoms with Gasteiger partial charge in [0.15, 0.2) is 0 Å². The number of hydrogen-bond acceptors (Lipinski definition) is 5. The largest absolute Gasteiger partial charge is 0.507 e. The highest BCUT2D eigenvalue weighted by molar-refractivity contribution is 5.62. The summed E-state index contributed by atoms with van der Waals surface area (Å²) in [7, 11) is 1.53.